The van der Waals surface area contributed by atoms with Gasteiger partial charge in [-0.05, 0) is 55.8 Å². The smallest absolute Gasteiger partial charge is 0.237 e. The molecular formula is C20H21FN4O2S. The van der Waals surface area contributed by atoms with Crippen LogP contribution in [0.25, 0.3) is 11.4 Å². The number of nitrogens with zero attached hydrogens (tertiary/aromatic N) is 3. The second-order valence-corrected chi connectivity index (χ2v) is 7.63. The highest BCUT2D eigenvalue weighted by Gasteiger charge is 2.20. The fourth-order valence-electron chi connectivity index (χ4n) is 2.63. The maximum absolute atomic E-state index is 13.1. The molecule has 1 heterocycles. The number of carbonyl (C=O) groups is 1. The van der Waals surface area contributed by atoms with Crippen LogP contribution in [0.3, 0.4) is 0 Å². The Morgan fingerprint density at radius 1 is 1.21 bits per heavy atom. The molecule has 6 nitrogen and oxygen atoms in total. The van der Waals surface area contributed by atoms with Crippen molar-refractivity contribution in [3.05, 3.63) is 53.8 Å². The second kappa shape index (κ2) is 8.43. The fraction of sp³-hybridized carbons (Fsp3) is 0.250. The maximum atomic E-state index is 13.1. The molecule has 28 heavy (non-hydrogen) atoms. The van der Waals surface area contributed by atoms with E-state index in [9.17, 15) is 9.18 Å². The molecule has 1 aromatic heterocycles. The molecular weight excluding hydrogens is 379 g/mol. The van der Waals surface area contributed by atoms with Gasteiger partial charge in [0, 0.05) is 12.6 Å². The first-order chi connectivity index (χ1) is 13.4. The van der Waals surface area contributed by atoms with Crippen LogP contribution in [-0.4, -0.2) is 33.0 Å². The van der Waals surface area contributed by atoms with E-state index in [-0.39, 0.29) is 11.7 Å². The van der Waals surface area contributed by atoms with Crippen LogP contribution in [0.4, 0.5) is 10.1 Å². The summed E-state index contributed by atoms with van der Waals surface area (Å²) in [6.45, 7) is 3.75. The van der Waals surface area contributed by atoms with Gasteiger partial charge in [-0.1, -0.05) is 17.8 Å². The molecule has 2 aromatic carbocycles. The number of ether oxygens (including phenoxy) is 1. The summed E-state index contributed by atoms with van der Waals surface area (Å²) < 4.78 is 20.2. The van der Waals surface area contributed by atoms with Gasteiger partial charge in [0.15, 0.2) is 11.0 Å². The van der Waals surface area contributed by atoms with E-state index >= 15 is 0 Å². The molecule has 3 aromatic rings. The highest BCUT2D eigenvalue weighted by molar-refractivity contribution is 8.00. The number of hydrogen-bond donors (Lipinski definition) is 1. The van der Waals surface area contributed by atoms with Crippen LogP contribution >= 0.6 is 11.8 Å². The van der Waals surface area contributed by atoms with Crippen molar-refractivity contribution in [1.29, 1.82) is 0 Å². The van der Waals surface area contributed by atoms with E-state index in [1.807, 2.05) is 32.2 Å². The molecule has 0 aliphatic carbocycles. The van der Waals surface area contributed by atoms with E-state index in [0.717, 1.165) is 11.1 Å². The lowest BCUT2D eigenvalue weighted by molar-refractivity contribution is -0.115. The van der Waals surface area contributed by atoms with Gasteiger partial charge in [0.05, 0.1) is 18.0 Å². The molecule has 0 aliphatic heterocycles. The molecule has 0 bridgehead atoms. The Morgan fingerprint density at radius 2 is 1.93 bits per heavy atom. The Kier molecular flexibility index (Phi) is 5.99. The van der Waals surface area contributed by atoms with E-state index in [1.165, 1.54) is 23.9 Å². The lowest BCUT2D eigenvalue weighted by Crippen LogP contribution is -2.23. The van der Waals surface area contributed by atoms with Crippen molar-refractivity contribution in [2.24, 2.45) is 7.05 Å². The summed E-state index contributed by atoms with van der Waals surface area (Å²) in [5, 5.41) is 11.4. The number of hydrogen-bond acceptors (Lipinski definition) is 5. The summed E-state index contributed by atoms with van der Waals surface area (Å²) in [6, 6.07) is 11.7. The number of nitrogens with one attached hydrogen (secondary N) is 1. The van der Waals surface area contributed by atoms with E-state index in [4.69, 9.17) is 4.74 Å². The molecule has 0 aliphatic rings. The van der Waals surface area contributed by atoms with Crippen LogP contribution in [0, 0.1) is 12.7 Å². The first-order valence-electron chi connectivity index (χ1n) is 8.66. The van der Waals surface area contributed by atoms with Crippen molar-refractivity contribution in [1.82, 2.24) is 14.8 Å². The summed E-state index contributed by atoms with van der Waals surface area (Å²) >= 11 is 1.30. The number of thioether (sulfide) groups is 1. The van der Waals surface area contributed by atoms with Crippen molar-refractivity contribution in [2.75, 3.05) is 12.4 Å². The molecule has 0 fully saturated rings. The Hall–Kier alpha value is -2.87. The predicted octanol–water partition coefficient (Wildman–Crippen LogP) is 4.06. The van der Waals surface area contributed by atoms with Crippen LogP contribution in [0.15, 0.2) is 47.6 Å². The minimum absolute atomic E-state index is 0.166. The summed E-state index contributed by atoms with van der Waals surface area (Å²) in [5.74, 6) is 0.737. The molecule has 0 saturated carbocycles. The molecule has 3 rings (SSSR count). The number of anilines is 1. The van der Waals surface area contributed by atoms with Gasteiger partial charge < -0.3 is 14.6 Å². The van der Waals surface area contributed by atoms with Crippen molar-refractivity contribution < 1.29 is 13.9 Å². The zero-order chi connectivity index (χ0) is 20.3. The molecule has 0 radical (unpaired) electrons. The lowest BCUT2D eigenvalue weighted by Gasteiger charge is -2.14. The average Bonchev–Trinajstić information content (AvgIpc) is 3.03. The Morgan fingerprint density at radius 3 is 2.61 bits per heavy atom. The highest BCUT2D eigenvalue weighted by Crippen LogP contribution is 2.29. The average molecular weight is 400 g/mol. The Balaban J connectivity index is 1.73. The minimum atomic E-state index is -0.408. The number of rotatable bonds is 6. The first kappa shape index (κ1) is 19.9. The van der Waals surface area contributed by atoms with Crippen molar-refractivity contribution in [3.63, 3.8) is 0 Å². The maximum Gasteiger partial charge on any atom is 0.237 e. The first-order valence-corrected chi connectivity index (χ1v) is 9.54. The fourth-order valence-corrected chi connectivity index (χ4v) is 3.45. The van der Waals surface area contributed by atoms with Gasteiger partial charge in [0.1, 0.15) is 11.6 Å². The van der Waals surface area contributed by atoms with Crippen LogP contribution in [0.1, 0.15) is 12.5 Å². The van der Waals surface area contributed by atoms with Gasteiger partial charge in [-0.15, -0.1) is 10.2 Å². The number of amides is 1. The van der Waals surface area contributed by atoms with Crippen molar-refractivity contribution in [3.8, 4) is 17.1 Å². The number of benzene rings is 2. The zero-order valence-electron chi connectivity index (χ0n) is 16.1. The third kappa shape index (κ3) is 4.33. The number of halogens is 1. The van der Waals surface area contributed by atoms with Gasteiger partial charge in [0.2, 0.25) is 5.91 Å². The summed E-state index contributed by atoms with van der Waals surface area (Å²) in [4.78, 5) is 12.6. The second-order valence-electron chi connectivity index (χ2n) is 6.33. The van der Waals surface area contributed by atoms with Crippen LogP contribution in [0.2, 0.25) is 0 Å². The lowest BCUT2D eigenvalue weighted by atomic mass is 10.2. The number of aromatic nitrogens is 3. The number of aryl methyl sites for hydroxylation is 1. The molecule has 1 N–H and O–H groups in total. The number of carbonyl (C=O) groups excluding carboxylic acids is 1. The van der Waals surface area contributed by atoms with Crippen molar-refractivity contribution >= 4 is 23.4 Å². The summed E-state index contributed by atoms with van der Waals surface area (Å²) in [7, 11) is 3.38. The molecule has 0 spiro atoms. The van der Waals surface area contributed by atoms with Gasteiger partial charge >= 0.3 is 0 Å². The number of methoxy groups -OCH3 is 1. The quantitative estimate of drug-likeness (QED) is 0.632. The molecule has 0 saturated heterocycles. The third-order valence-electron chi connectivity index (χ3n) is 4.20. The third-order valence-corrected chi connectivity index (χ3v) is 5.34. The van der Waals surface area contributed by atoms with E-state index < -0.39 is 5.25 Å². The molecule has 0 unspecified atom stereocenters. The van der Waals surface area contributed by atoms with E-state index in [1.54, 1.807) is 30.7 Å². The van der Waals surface area contributed by atoms with Gasteiger partial charge in [-0.25, -0.2) is 4.39 Å². The molecule has 1 atom stereocenters. The standard InChI is InChI=1S/C20H21FN4O2S/c1-12-5-10-17(27-4)16(11-12)22-19(26)13(2)28-20-24-23-18(25(20)3)14-6-8-15(21)9-7-14/h5-11,13H,1-4H3,(H,22,26)/t13-/m0/s1. The van der Waals surface area contributed by atoms with Crippen molar-refractivity contribution in [2.45, 2.75) is 24.3 Å². The SMILES string of the molecule is COc1ccc(C)cc1NC(=O)[C@H](C)Sc1nnc(-c2ccc(F)cc2)n1C. The Bertz CT molecular complexity index is 988. The van der Waals surface area contributed by atoms with E-state index in [2.05, 4.69) is 15.5 Å². The molecule has 1 amide bonds. The van der Waals surface area contributed by atoms with Crippen LogP contribution in [0.5, 0.6) is 5.75 Å². The highest BCUT2D eigenvalue weighted by atomic mass is 32.2. The van der Waals surface area contributed by atoms with Crippen LogP contribution < -0.4 is 10.1 Å². The van der Waals surface area contributed by atoms with Gasteiger partial charge in [-0.3, -0.25) is 4.79 Å². The van der Waals surface area contributed by atoms with E-state index in [0.29, 0.717) is 22.4 Å². The topological polar surface area (TPSA) is 69.0 Å². The molecule has 8 heteroatoms. The summed E-state index contributed by atoms with van der Waals surface area (Å²) in [6.07, 6.45) is 0. The predicted molar refractivity (Wildman–Crippen MR) is 108 cm³/mol. The zero-order valence-corrected chi connectivity index (χ0v) is 16.9. The monoisotopic (exact) mass is 400 g/mol. The molecule has 146 valence electrons. The largest absolute Gasteiger partial charge is 0.495 e. The summed E-state index contributed by atoms with van der Waals surface area (Å²) in [5.41, 5.74) is 2.41. The van der Waals surface area contributed by atoms with Crippen LogP contribution in [-0.2, 0) is 11.8 Å². The van der Waals surface area contributed by atoms with Gasteiger partial charge in [0.25, 0.3) is 0 Å². The normalized spacial score (nSPS) is 11.9. The Labute approximate surface area is 167 Å². The minimum Gasteiger partial charge on any atom is -0.495 e. The van der Waals surface area contributed by atoms with Gasteiger partial charge in [-0.2, -0.15) is 0 Å².